The minimum Gasteiger partial charge on any atom is -0.393 e. The van der Waals surface area contributed by atoms with Crippen LogP contribution in [0.5, 0.6) is 0 Å². The molecule has 2 saturated carbocycles. The number of aliphatic hydroxyl groups is 2. The first kappa shape index (κ1) is 23.9. The van der Waals surface area contributed by atoms with E-state index in [1.807, 2.05) is 18.4 Å². The minimum absolute atomic E-state index is 0.0543. The van der Waals surface area contributed by atoms with Crippen LogP contribution in [0.3, 0.4) is 0 Å². The van der Waals surface area contributed by atoms with Crippen LogP contribution >= 0.6 is 0 Å². The van der Waals surface area contributed by atoms with Crippen LogP contribution in [0.15, 0.2) is 24.4 Å². The first-order valence-electron chi connectivity index (χ1n) is 12.3. The number of hydrogen-bond acceptors (Lipinski definition) is 7. The molecule has 1 aromatic carbocycles. The second-order valence-corrected chi connectivity index (χ2v) is 10.4. The molecule has 0 bridgehead atoms. The SMILES string of the molecule is CC(C)(O)[C@H]1CCC(n2c(Nc3c(F)cccc3F)nc3cnc(NC4CCC(O)CC4)nc32)C1. The van der Waals surface area contributed by atoms with Gasteiger partial charge in [0, 0.05) is 12.1 Å². The molecule has 35 heavy (non-hydrogen) atoms. The third kappa shape index (κ3) is 4.95. The Kier molecular flexibility index (Phi) is 6.35. The summed E-state index contributed by atoms with van der Waals surface area (Å²) in [6, 6.07) is 3.82. The van der Waals surface area contributed by atoms with Crippen LogP contribution in [0, 0.1) is 17.6 Å². The van der Waals surface area contributed by atoms with Crippen molar-refractivity contribution in [1.29, 1.82) is 0 Å². The van der Waals surface area contributed by atoms with E-state index < -0.39 is 17.2 Å². The Morgan fingerprint density at radius 3 is 2.40 bits per heavy atom. The van der Waals surface area contributed by atoms with Gasteiger partial charge in [-0.2, -0.15) is 4.98 Å². The van der Waals surface area contributed by atoms with Crippen molar-refractivity contribution in [3.63, 3.8) is 0 Å². The number of halogens is 2. The molecular formula is C25H32F2N6O2. The normalized spacial score (nSPS) is 25.2. The molecule has 2 aliphatic carbocycles. The number of hydrogen-bond donors (Lipinski definition) is 4. The van der Waals surface area contributed by atoms with Gasteiger partial charge in [0.1, 0.15) is 22.8 Å². The van der Waals surface area contributed by atoms with Gasteiger partial charge >= 0.3 is 0 Å². The molecule has 2 fully saturated rings. The highest BCUT2D eigenvalue weighted by atomic mass is 19.1. The van der Waals surface area contributed by atoms with Crippen molar-refractivity contribution in [1.82, 2.24) is 19.5 Å². The lowest BCUT2D eigenvalue weighted by molar-refractivity contribution is 0.0186. The van der Waals surface area contributed by atoms with Crippen LogP contribution in [-0.4, -0.2) is 47.5 Å². The molecule has 0 radical (unpaired) electrons. The number of nitrogens with one attached hydrogen (secondary N) is 2. The summed E-state index contributed by atoms with van der Waals surface area (Å²) >= 11 is 0. The molecule has 0 spiro atoms. The maximum Gasteiger partial charge on any atom is 0.224 e. The molecule has 10 heteroatoms. The molecule has 3 aromatic rings. The van der Waals surface area contributed by atoms with Crippen molar-refractivity contribution >= 4 is 28.7 Å². The molecule has 2 heterocycles. The molecule has 0 saturated heterocycles. The van der Waals surface area contributed by atoms with Gasteiger partial charge in [-0.3, -0.25) is 4.57 Å². The van der Waals surface area contributed by atoms with Gasteiger partial charge in [0.2, 0.25) is 11.9 Å². The van der Waals surface area contributed by atoms with Gasteiger partial charge in [0.15, 0.2) is 5.65 Å². The first-order chi connectivity index (χ1) is 16.7. The number of fused-ring (bicyclic) bond motifs is 1. The number of imidazole rings is 1. The Hall–Kier alpha value is -2.85. The first-order valence-corrected chi connectivity index (χ1v) is 12.3. The zero-order valence-corrected chi connectivity index (χ0v) is 20.0. The van der Waals surface area contributed by atoms with Crippen LogP contribution < -0.4 is 10.6 Å². The Morgan fingerprint density at radius 2 is 1.74 bits per heavy atom. The van der Waals surface area contributed by atoms with Crippen LogP contribution in [0.2, 0.25) is 0 Å². The predicted octanol–water partition coefficient (Wildman–Crippen LogP) is 4.68. The topological polar surface area (TPSA) is 108 Å². The van der Waals surface area contributed by atoms with E-state index in [0.29, 0.717) is 23.5 Å². The zero-order chi connectivity index (χ0) is 24.7. The second kappa shape index (κ2) is 9.31. The van der Waals surface area contributed by atoms with E-state index in [1.54, 1.807) is 6.20 Å². The van der Waals surface area contributed by atoms with Crippen molar-refractivity contribution < 1.29 is 19.0 Å². The van der Waals surface area contributed by atoms with E-state index in [4.69, 9.17) is 4.98 Å². The van der Waals surface area contributed by atoms with E-state index in [9.17, 15) is 19.0 Å². The molecular weight excluding hydrogens is 454 g/mol. The number of aromatic nitrogens is 4. The van der Waals surface area contributed by atoms with Gasteiger partial charge < -0.3 is 20.8 Å². The Morgan fingerprint density at radius 1 is 1.03 bits per heavy atom. The van der Waals surface area contributed by atoms with E-state index in [2.05, 4.69) is 20.6 Å². The maximum absolute atomic E-state index is 14.4. The number of aliphatic hydroxyl groups excluding tert-OH is 1. The number of anilines is 3. The molecule has 2 aromatic heterocycles. The summed E-state index contributed by atoms with van der Waals surface area (Å²) < 4.78 is 30.8. The largest absolute Gasteiger partial charge is 0.393 e. The summed E-state index contributed by atoms with van der Waals surface area (Å²) in [7, 11) is 0. The monoisotopic (exact) mass is 486 g/mol. The van der Waals surface area contributed by atoms with Crippen molar-refractivity contribution in [3.05, 3.63) is 36.0 Å². The number of rotatable bonds is 6. The summed E-state index contributed by atoms with van der Waals surface area (Å²) in [5.41, 5.74) is -0.0170. The lowest BCUT2D eigenvalue weighted by Gasteiger charge is -2.26. The molecule has 1 unspecified atom stereocenters. The number of benzene rings is 1. The van der Waals surface area contributed by atoms with Gasteiger partial charge in [0.25, 0.3) is 0 Å². The number of para-hydroxylation sites is 1. The number of nitrogens with zero attached hydrogens (tertiary/aromatic N) is 4. The Bertz CT molecular complexity index is 1180. The van der Waals surface area contributed by atoms with Crippen molar-refractivity contribution in [3.8, 4) is 0 Å². The highest BCUT2D eigenvalue weighted by Gasteiger charge is 2.37. The van der Waals surface area contributed by atoms with Crippen molar-refractivity contribution in [2.75, 3.05) is 10.6 Å². The Balaban J connectivity index is 1.52. The maximum atomic E-state index is 14.4. The van der Waals surface area contributed by atoms with Gasteiger partial charge in [-0.25, -0.2) is 18.7 Å². The summed E-state index contributed by atoms with van der Waals surface area (Å²) in [5, 5.41) is 26.6. The molecule has 4 N–H and O–H groups in total. The molecule has 2 atom stereocenters. The summed E-state index contributed by atoms with van der Waals surface area (Å²) in [4.78, 5) is 13.8. The van der Waals surface area contributed by atoms with E-state index in [-0.39, 0.29) is 35.7 Å². The lowest BCUT2D eigenvalue weighted by Crippen LogP contribution is -2.29. The molecule has 188 valence electrons. The van der Waals surface area contributed by atoms with E-state index >= 15 is 0 Å². The highest BCUT2D eigenvalue weighted by Crippen LogP contribution is 2.43. The van der Waals surface area contributed by atoms with Crippen LogP contribution in [0.25, 0.3) is 11.2 Å². The fourth-order valence-electron chi connectivity index (χ4n) is 5.36. The van der Waals surface area contributed by atoms with Gasteiger partial charge in [0.05, 0.1) is 17.9 Å². The third-order valence-electron chi connectivity index (χ3n) is 7.43. The van der Waals surface area contributed by atoms with Crippen LogP contribution in [0.4, 0.5) is 26.4 Å². The highest BCUT2D eigenvalue weighted by molar-refractivity contribution is 5.76. The van der Waals surface area contributed by atoms with Crippen LogP contribution in [-0.2, 0) is 0 Å². The lowest BCUT2D eigenvalue weighted by atomic mass is 9.89. The van der Waals surface area contributed by atoms with Gasteiger partial charge in [-0.15, -0.1) is 0 Å². The average molecular weight is 487 g/mol. The molecule has 2 aliphatic rings. The quantitative estimate of drug-likeness (QED) is 0.401. The molecule has 5 rings (SSSR count). The van der Waals surface area contributed by atoms with Gasteiger partial charge in [-0.1, -0.05) is 6.07 Å². The fraction of sp³-hybridized carbons (Fsp3) is 0.560. The molecule has 0 amide bonds. The van der Waals surface area contributed by atoms with Gasteiger partial charge in [-0.05, 0) is 76.8 Å². The molecule has 8 nitrogen and oxygen atoms in total. The standard InChI is InChI=1S/C25H32F2N6O2/c1-25(2,35)14-6-9-16(12-14)33-22-20(30-24(33)31-21-18(26)4-3-5-19(21)27)13-28-23(32-22)29-15-7-10-17(34)11-8-15/h3-5,13-17,34-35H,6-12H2,1-2H3,(H,30,31)(H,28,29,32)/t14-,15?,16?,17?/m0/s1. The minimum atomic E-state index is -0.830. The smallest absolute Gasteiger partial charge is 0.224 e. The van der Waals surface area contributed by atoms with Crippen LogP contribution in [0.1, 0.15) is 64.8 Å². The average Bonchev–Trinajstić information content (AvgIpc) is 3.42. The van der Waals surface area contributed by atoms with E-state index in [0.717, 1.165) is 38.5 Å². The third-order valence-corrected chi connectivity index (χ3v) is 7.43. The zero-order valence-electron chi connectivity index (χ0n) is 20.0. The Labute approximate surface area is 202 Å². The summed E-state index contributed by atoms with van der Waals surface area (Å²) in [5.74, 6) is -0.593. The summed E-state index contributed by atoms with van der Waals surface area (Å²) in [6.07, 6.45) is 6.79. The molecule has 0 aliphatic heterocycles. The van der Waals surface area contributed by atoms with E-state index in [1.165, 1.54) is 18.2 Å². The van der Waals surface area contributed by atoms with Crippen molar-refractivity contribution in [2.24, 2.45) is 5.92 Å². The fourth-order valence-corrected chi connectivity index (χ4v) is 5.36. The predicted molar refractivity (Wildman–Crippen MR) is 130 cm³/mol. The second-order valence-electron chi connectivity index (χ2n) is 10.4. The summed E-state index contributed by atoms with van der Waals surface area (Å²) in [6.45, 7) is 3.62. The van der Waals surface area contributed by atoms with Crippen molar-refractivity contribution in [2.45, 2.75) is 82.6 Å².